The molecule has 2 heterocycles. The first-order chi connectivity index (χ1) is 13.0. The van der Waals surface area contributed by atoms with Crippen molar-refractivity contribution in [2.75, 3.05) is 5.75 Å². The van der Waals surface area contributed by atoms with Crippen molar-refractivity contribution in [3.63, 3.8) is 0 Å². The highest BCUT2D eigenvalue weighted by Gasteiger charge is 2.13. The van der Waals surface area contributed by atoms with E-state index in [1.54, 1.807) is 24.3 Å². The molecule has 0 aliphatic rings. The minimum absolute atomic E-state index is 0.220. The molecule has 0 atom stereocenters. The van der Waals surface area contributed by atoms with Gasteiger partial charge in [0.05, 0.1) is 27.6 Å². The van der Waals surface area contributed by atoms with Crippen LogP contribution in [0.15, 0.2) is 58.8 Å². The summed E-state index contributed by atoms with van der Waals surface area (Å²) in [6, 6.07) is 15.4. The van der Waals surface area contributed by atoms with Gasteiger partial charge in [-0.15, -0.1) is 23.1 Å². The van der Waals surface area contributed by atoms with Crippen molar-refractivity contribution in [1.29, 1.82) is 0 Å². The van der Waals surface area contributed by atoms with Crippen LogP contribution in [0.3, 0.4) is 0 Å². The average molecular weight is 398 g/mol. The molecule has 0 fully saturated rings. The zero-order valence-corrected chi connectivity index (χ0v) is 16.6. The summed E-state index contributed by atoms with van der Waals surface area (Å²) in [4.78, 5) is 30.8. The van der Waals surface area contributed by atoms with Gasteiger partial charge >= 0.3 is 0 Å². The molecule has 138 valence electrons. The topological polar surface area (TPSA) is 71.1 Å². The van der Waals surface area contributed by atoms with Crippen LogP contribution in [0.5, 0.6) is 0 Å². The molecular weight excluding hydrogens is 378 g/mol. The highest BCUT2D eigenvalue weighted by molar-refractivity contribution is 8.00. The molecule has 2 N–H and O–H groups in total. The Hall–Kier alpha value is -2.64. The van der Waals surface area contributed by atoms with Crippen LogP contribution in [-0.2, 0) is 4.79 Å². The van der Waals surface area contributed by atoms with E-state index in [2.05, 4.69) is 15.8 Å². The fraction of sp³-hybridized carbons (Fsp3) is 0.150. The van der Waals surface area contributed by atoms with Crippen molar-refractivity contribution in [3.05, 3.63) is 70.7 Å². The van der Waals surface area contributed by atoms with Crippen LogP contribution >= 0.6 is 23.1 Å². The Kier molecular flexibility index (Phi) is 6.26. The van der Waals surface area contributed by atoms with Crippen molar-refractivity contribution in [2.45, 2.75) is 18.7 Å². The van der Waals surface area contributed by atoms with Gasteiger partial charge in [0.15, 0.2) is 0 Å². The minimum atomic E-state index is -0.383. The van der Waals surface area contributed by atoms with Crippen LogP contribution in [0.4, 0.5) is 0 Å². The van der Waals surface area contributed by atoms with E-state index in [0.717, 1.165) is 15.5 Å². The summed E-state index contributed by atoms with van der Waals surface area (Å²) in [6.45, 7) is 3.79. The van der Waals surface area contributed by atoms with Crippen LogP contribution in [0.25, 0.3) is 10.6 Å². The van der Waals surface area contributed by atoms with Crippen LogP contribution in [-0.4, -0.2) is 22.6 Å². The van der Waals surface area contributed by atoms with Gasteiger partial charge in [0.2, 0.25) is 5.91 Å². The number of hydrazine groups is 1. The van der Waals surface area contributed by atoms with E-state index in [1.807, 2.05) is 54.8 Å². The molecule has 0 aliphatic heterocycles. The average Bonchev–Trinajstić information content (AvgIpc) is 3.20. The molecule has 3 aromatic rings. The van der Waals surface area contributed by atoms with Gasteiger partial charge < -0.3 is 0 Å². The molecule has 5 nitrogen and oxygen atoms in total. The summed E-state index contributed by atoms with van der Waals surface area (Å²) in [5.41, 5.74) is 7.94. The summed E-state index contributed by atoms with van der Waals surface area (Å²) >= 11 is 3.01. The van der Waals surface area contributed by atoms with Crippen LogP contribution in [0.2, 0.25) is 0 Å². The van der Waals surface area contributed by atoms with E-state index < -0.39 is 0 Å². The summed E-state index contributed by atoms with van der Waals surface area (Å²) in [6.07, 6.45) is 0. The predicted molar refractivity (Wildman–Crippen MR) is 110 cm³/mol. The number of aromatic nitrogens is 1. The zero-order chi connectivity index (χ0) is 19.2. The standard InChI is InChI=1S/C20H19N3O2S2/c1-13-5-7-15(8-6-13)27-12-19(24)22-23-20(25)16-9-10-17(21-14(16)2)18-4-3-11-26-18/h3-11H,12H2,1-2H3,(H,22,24)(H,23,25). The molecule has 2 aromatic heterocycles. The fourth-order valence-electron chi connectivity index (χ4n) is 2.38. The monoisotopic (exact) mass is 397 g/mol. The van der Waals surface area contributed by atoms with E-state index >= 15 is 0 Å². The van der Waals surface area contributed by atoms with Crippen LogP contribution < -0.4 is 10.9 Å². The Morgan fingerprint density at radius 3 is 2.48 bits per heavy atom. The number of amides is 2. The number of nitrogens with one attached hydrogen (secondary N) is 2. The molecule has 3 rings (SSSR count). The highest BCUT2D eigenvalue weighted by Crippen LogP contribution is 2.23. The first kappa shape index (κ1) is 19.1. The first-order valence-electron chi connectivity index (χ1n) is 8.33. The van der Waals surface area contributed by atoms with Gasteiger partial charge in [-0.25, -0.2) is 0 Å². The van der Waals surface area contributed by atoms with E-state index in [0.29, 0.717) is 11.3 Å². The van der Waals surface area contributed by atoms with Gasteiger partial charge in [0, 0.05) is 4.90 Å². The smallest absolute Gasteiger partial charge is 0.271 e. The second kappa shape index (κ2) is 8.83. The molecule has 0 unspecified atom stereocenters. The van der Waals surface area contributed by atoms with Crippen molar-refractivity contribution in [3.8, 4) is 10.6 Å². The van der Waals surface area contributed by atoms with Crippen LogP contribution in [0.1, 0.15) is 21.6 Å². The lowest BCUT2D eigenvalue weighted by atomic mass is 10.1. The Balaban J connectivity index is 1.52. The Bertz CT molecular complexity index is 938. The van der Waals surface area contributed by atoms with Crippen molar-refractivity contribution in [2.24, 2.45) is 0 Å². The summed E-state index contributed by atoms with van der Waals surface area (Å²) in [5.74, 6) is -0.432. The maximum atomic E-state index is 12.3. The summed E-state index contributed by atoms with van der Waals surface area (Å²) in [7, 11) is 0. The Labute approximate surface area is 166 Å². The number of benzene rings is 1. The maximum absolute atomic E-state index is 12.3. The number of carbonyl (C=O) groups excluding carboxylic acids is 2. The third kappa shape index (κ3) is 5.18. The molecule has 1 aromatic carbocycles. The molecule has 0 saturated heterocycles. The molecule has 27 heavy (non-hydrogen) atoms. The number of thioether (sulfide) groups is 1. The second-order valence-corrected chi connectivity index (χ2v) is 7.91. The van der Waals surface area contributed by atoms with Gasteiger partial charge in [-0.1, -0.05) is 23.8 Å². The maximum Gasteiger partial charge on any atom is 0.271 e. The van der Waals surface area contributed by atoms with Gasteiger partial charge in [0.25, 0.3) is 5.91 Å². The molecule has 0 bridgehead atoms. The third-order valence-electron chi connectivity index (χ3n) is 3.81. The van der Waals surface area contributed by atoms with E-state index in [-0.39, 0.29) is 17.6 Å². The molecule has 2 amide bonds. The number of hydrogen-bond acceptors (Lipinski definition) is 5. The van der Waals surface area contributed by atoms with Gasteiger partial charge in [-0.3, -0.25) is 25.4 Å². The molecule has 0 saturated carbocycles. The zero-order valence-electron chi connectivity index (χ0n) is 15.0. The number of nitrogens with zero attached hydrogens (tertiary/aromatic N) is 1. The molecule has 0 aliphatic carbocycles. The fourth-order valence-corrected chi connectivity index (χ4v) is 3.77. The minimum Gasteiger partial charge on any atom is -0.272 e. The SMILES string of the molecule is Cc1ccc(SCC(=O)NNC(=O)c2ccc(-c3cccs3)nc2C)cc1. The predicted octanol–water partition coefficient (Wildman–Crippen LogP) is 3.98. The number of thiophene rings is 1. The number of hydrogen-bond donors (Lipinski definition) is 2. The number of rotatable bonds is 5. The normalized spacial score (nSPS) is 10.4. The first-order valence-corrected chi connectivity index (χ1v) is 10.2. The van der Waals surface area contributed by atoms with E-state index in [9.17, 15) is 9.59 Å². The molecular formula is C20H19N3O2S2. The quantitative estimate of drug-likeness (QED) is 0.505. The van der Waals surface area contributed by atoms with E-state index in [4.69, 9.17) is 0 Å². The van der Waals surface area contributed by atoms with Crippen LogP contribution in [0, 0.1) is 13.8 Å². The number of pyridine rings is 1. The van der Waals surface area contributed by atoms with Crippen molar-refractivity contribution < 1.29 is 9.59 Å². The number of aryl methyl sites for hydroxylation is 2. The summed E-state index contributed by atoms with van der Waals surface area (Å²) < 4.78 is 0. The van der Waals surface area contributed by atoms with Gasteiger partial charge in [-0.05, 0) is 49.6 Å². The molecule has 7 heteroatoms. The Morgan fingerprint density at radius 2 is 1.81 bits per heavy atom. The third-order valence-corrected chi connectivity index (χ3v) is 5.71. The second-order valence-electron chi connectivity index (χ2n) is 5.91. The van der Waals surface area contributed by atoms with E-state index in [1.165, 1.54) is 17.3 Å². The van der Waals surface area contributed by atoms with Gasteiger partial charge in [-0.2, -0.15) is 0 Å². The highest BCUT2D eigenvalue weighted by atomic mass is 32.2. The van der Waals surface area contributed by atoms with Crippen molar-refractivity contribution >= 4 is 34.9 Å². The summed E-state index contributed by atoms with van der Waals surface area (Å²) in [5, 5.41) is 1.98. The lowest BCUT2D eigenvalue weighted by Gasteiger charge is -2.09. The van der Waals surface area contributed by atoms with Gasteiger partial charge in [0.1, 0.15) is 0 Å². The number of carbonyl (C=O) groups is 2. The Morgan fingerprint density at radius 1 is 1.04 bits per heavy atom. The molecule has 0 radical (unpaired) electrons. The van der Waals surface area contributed by atoms with Crippen molar-refractivity contribution in [1.82, 2.24) is 15.8 Å². The lowest BCUT2D eigenvalue weighted by molar-refractivity contribution is -0.119. The molecule has 0 spiro atoms. The lowest BCUT2D eigenvalue weighted by Crippen LogP contribution is -2.42. The largest absolute Gasteiger partial charge is 0.272 e.